The van der Waals surface area contributed by atoms with Gasteiger partial charge in [-0.2, -0.15) is 4.31 Å². The summed E-state index contributed by atoms with van der Waals surface area (Å²) in [6, 6.07) is 12.5. The van der Waals surface area contributed by atoms with Gasteiger partial charge in [0.25, 0.3) is 5.91 Å². The van der Waals surface area contributed by atoms with Crippen LogP contribution < -0.4 is 4.90 Å². The Hall–Kier alpha value is -1.98. The Balaban J connectivity index is 1.61. The lowest BCUT2D eigenvalue weighted by Gasteiger charge is -2.34. The molecule has 1 amide bonds. The molecule has 2 atom stereocenters. The number of likely N-dealkylation sites (N-methyl/N-ethyl adjacent to an activating group) is 1. The lowest BCUT2D eigenvalue weighted by atomic mass is 9.94. The van der Waals surface area contributed by atoms with E-state index in [9.17, 15) is 13.2 Å². The molecule has 10 heteroatoms. The molecule has 2 unspecified atom stereocenters. The fourth-order valence-corrected chi connectivity index (χ4v) is 7.82. The van der Waals surface area contributed by atoms with Crippen molar-refractivity contribution in [1.29, 1.82) is 0 Å². The average molecular weight is 547 g/mol. The molecular formula is C26H34N4O3S3. The molecular weight excluding hydrogens is 513 g/mol. The van der Waals surface area contributed by atoms with Crippen LogP contribution in [-0.4, -0.2) is 75.0 Å². The first-order valence-electron chi connectivity index (χ1n) is 12.1. The number of amides is 1. The minimum absolute atomic E-state index is 0.190. The lowest BCUT2D eigenvalue weighted by molar-refractivity contribution is 0.0985. The second-order valence-electron chi connectivity index (χ2n) is 9.88. The summed E-state index contributed by atoms with van der Waals surface area (Å²) < 4.78 is 29.1. The first-order valence-corrected chi connectivity index (χ1v) is 15.6. The van der Waals surface area contributed by atoms with Crippen molar-refractivity contribution in [3.63, 3.8) is 0 Å². The quantitative estimate of drug-likeness (QED) is 0.375. The summed E-state index contributed by atoms with van der Waals surface area (Å²) in [6.07, 6.45) is 3.07. The van der Waals surface area contributed by atoms with Crippen molar-refractivity contribution in [2.24, 2.45) is 11.8 Å². The second-order valence-corrected chi connectivity index (χ2v) is 13.7. The largest absolute Gasteiger partial charge is 0.308 e. The molecule has 0 aliphatic carbocycles. The van der Waals surface area contributed by atoms with Crippen LogP contribution in [0.3, 0.4) is 0 Å². The highest BCUT2D eigenvalue weighted by Crippen LogP contribution is 2.33. The summed E-state index contributed by atoms with van der Waals surface area (Å²) in [5.74, 6) is 0.469. The van der Waals surface area contributed by atoms with Crippen molar-refractivity contribution in [3.8, 4) is 0 Å². The zero-order valence-corrected chi connectivity index (χ0v) is 23.9. The molecule has 194 valence electrons. The Morgan fingerprint density at radius 2 is 1.75 bits per heavy atom. The Morgan fingerprint density at radius 3 is 2.36 bits per heavy atom. The van der Waals surface area contributed by atoms with Crippen molar-refractivity contribution < 1.29 is 13.2 Å². The van der Waals surface area contributed by atoms with Crippen LogP contribution in [-0.2, 0) is 10.0 Å². The van der Waals surface area contributed by atoms with Crippen molar-refractivity contribution in [2.45, 2.75) is 30.1 Å². The number of fused-ring (bicyclic) bond motifs is 1. The molecule has 7 nitrogen and oxygen atoms in total. The van der Waals surface area contributed by atoms with E-state index in [1.54, 1.807) is 45.2 Å². The monoisotopic (exact) mass is 546 g/mol. The Bertz CT molecular complexity index is 1310. The summed E-state index contributed by atoms with van der Waals surface area (Å²) in [4.78, 5) is 23.5. The van der Waals surface area contributed by atoms with Gasteiger partial charge < -0.3 is 4.90 Å². The number of aromatic nitrogens is 1. The van der Waals surface area contributed by atoms with E-state index >= 15 is 0 Å². The molecule has 0 saturated carbocycles. The maximum Gasteiger partial charge on any atom is 0.260 e. The van der Waals surface area contributed by atoms with Gasteiger partial charge in [-0.3, -0.25) is 9.69 Å². The van der Waals surface area contributed by atoms with Crippen LogP contribution in [0.25, 0.3) is 10.2 Å². The van der Waals surface area contributed by atoms with E-state index in [1.807, 2.05) is 37.4 Å². The van der Waals surface area contributed by atoms with Crippen molar-refractivity contribution in [3.05, 3.63) is 48.0 Å². The third kappa shape index (κ3) is 5.94. The first kappa shape index (κ1) is 27.1. The van der Waals surface area contributed by atoms with Gasteiger partial charge in [0.1, 0.15) is 0 Å². The third-order valence-corrected chi connectivity index (χ3v) is 10.0. The number of rotatable bonds is 8. The molecule has 3 aromatic rings. The highest BCUT2D eigenvalue weighted by molar-refractivity contribution is 7.98. The van der Waals surface area contributed by atoms with Gasteiger partial charge in [0.15, 0.2) is 5.13 Å². The predicted molar refractivity (Wildman–Crippen MR) is 150 cm³/mol. The molecule has 4 rings (SSSR count). The van der Waals surface area contributed by atoms with Gasteiger partial charge in [-0.15, -0.1) is 11.8 Å². The zero-order chi connectivity index (χ0) is 26.0. The van der Waals surface area contributed by atoms with Crippen LogP contribution >= 0.6 is 23.1 Å². The minimum atomic E-state index is -3.60. The molecule has 1 aromatic heterocycles. The van der Waals surface area contributed by atoms with E-state index < -0.39 is 10.0 Å². The summed E-state index contributed by atoms with van der Waals surface area (Å²) in [7, 11) is 0.333. The van der Waals surface area contributed by atoms with E-state index in [0.717, 1.165) is 21.5 Å². The summed E-state index contributed by atoms with van der Waals surface area (Å²) in [5.41, 5.74) is 1.30. The number of thiazole rings is 1. The Kier molecular flexibility index (Phi) is 8.41. The third-order valence-electron chi connectivity index (χ3n) is 6.41. The van der Waals surface area contributed by atoms with Gasteiger partial charge in [0.05, 0.1) is 15.1 Å². The normalized spacial score (nSPS) is 19.2. The number of thioether (sulfide) groups is 1. The van der Waals surface area contributed by atoms with Gasteiger partial charge in [0, 0.05) is 36.6 Å². The molecule has 1 fully saturated rings. The lowest BCUT2D eigenvalue weighted by Crippen LogP contribution is -2.42. The fourth-order valence-electron chi connectivity index (χ4n) is 4.60. The number of piperidine rings is 1. The van der Waals surface area contributed by atoms with Crippen LogP contribution in [0.4, 0.5) is 5.13 Å². The van der Waals surface area contributed by atoms with E-state index in [2.05, 4.69) is 19.9 Å². The van der Waals surface area contributed by atoms with Crippen molar-refractivity contribution in [2.75, 3.05) is 51.4 Å². The van der Waals surface area contributed by atoms with E-state index in [1.165, 1.54) is 11.3 Å². The van der Waals surface area contributed by atoms with Crippen LogP contribution in [0.2, 0.25) is 0 Å². The highest BCUT2D eigenvalue weighted by atomic mass is 32.2. The fraction of sp³-hybridized carbons (Fsp3) is 0.462. The second kappa shape index (κ2) is 11.2. The standard InChI is InChI=1S/C26H34N4O3S3/c1-18-14-19(2)17-29(16-18)36(32,33)22-9-6-20(7-10-22)25(31)30(13-12-28(3)4)26-27-23-11-8-21(34-5)15-24(23)35-26/h6-11,15,18-19H,12-14,16-17H2,1-5H3. The Morgan fingerprint density at radius 1 is 1.08 bits per heavy atom. The molecule has 0 N–H and O–H groups in total. The predicted octanol–water partition coefficient (Wildman–Crippen LogP) is 4.89. The number of hydrogen-bond acceptors (Lipinski definition) is 7. The van der Waals surface area contributed by atoms with Crippen LogP contribution in [0.15, 0.2) is 52.3 Å². The van der Waals surface area contributed by atoms with Crippen molar-refractivity contribution >= 4 is 54.4 Å². The summed E-state index contributed by atoms with van der Waals surface area (Å²) in [5, 5.41) is 0.642. The topological polar surface area (TPSA) is 73.8 Å². The molecule has 2 heterocycles. The average Bonchev–Trinajstić information content (AvgIpc) is 3.26. The number of sulfonamides is 1. The number of nitrogens with zero attached hydrogens (tertiary/aromatic N) is 4. The van der Waals surface area contributed by atoms with E-state index in [4.69, 9.17) is 4.98 Å². The molecule has 2 aromatic carbocycles. The maximum atomic E-state index is 13.6. The SMILES string of the molecule is CSc1ccc2nc(N(CCN(C)C)C(=O)c3ccc(S(=O)(=O)N4CC(C)CC(C)C4)cc3)sc2c1. The molecule has 1 aliphatic heterocycles. The van der Waals surface area contributed by atoms with Gasteiger partial charge in [-0.05, 0) is 81.1 Å². The van der Waals surface area contributed by atoms with Gasteiger partial charge in [-0.25, -0.2) is 13.4 Å². The highest BCUT2D eigenvalue weighted by Gasteiger charge is 2.32. The molecule has 36 heavy (non-hydrogen) atoms. The van der Waals surface area contributed by atoms with Gasteiger partial charge >= 0.3 is 0 Å². The van der Waals surface area contributed by atoms with Gasteiger partial charge in [0.2, 0.25) is 10.0 Å². The summed E-state index contributed by atoms with van der Waals surface area (Å²) >= 11 is 3.17. The molecule has 1 saturated heterocycles. The zero-order valence-electron chi connectivity index (χ0n) is 21.5. The smallest absolute Gasteiger partial charge is 0.260 e. The maximum absolute atomic E-state index is 13.6. The minimum Gasteiger partial charge on any atom is -0.308 e. The van der Waals surface area contributed by atoms with Crippen molar-refractivity contribution in [1.82, 2.24) is 14.2 Å². The summed E-state index contributed by atoms with van der Waals surface area (Å²) in [6.45, 7) is 6.39. The Labute approximate surface area is 222 Å². The number of hydrogen-bond donors (Lipinski definition) is 0. The first-order chi connectivity index (χ1) is 17.1. The number of carbonyl (C=O) groups is 1. The molecule has 0 bridgehead atoms. The molecule has 1 aliphatic rings. The van der Waals surface area contributed by atoms with E-state index in [0.29, 0.717) is 48.7 Å². The van der Waals surface area contributed by atoms with Crippen LogP contribution in [0, 0.1) is 11.8 Å². The molecule has 0 spiro atoms. The number of anilines is 1. The van der Waals surface area contributed by atoms with Crippen LogP contribution in [0.1, 0.15) is 30.6 Å². The number of carbonyl (C=O) groups excluding carboxylic acids is 1. The van der Waals surface area contributed by atoms with E-state index in [-0.39, 0.29) is 10.8 Å². The van der Waals surface area contributed by atoms with Crippen LogP contribution in [0.5, 0.6) is 0 Å². The molecule has 0 radical (unpaired) electrons. The number of benzene rings is 2. The van der Waals surface area contributed by atoms with Gasteiger partial charge in [-0.1, -0.05) is 25.2 Å².